The van der Waals surface area contributed by atoms with E-state index in [1.165, 1.54) is 18.2 Å². The number of sulfonamides is 1. The molecule has 22 heavy (non-hydrogen) atoms. The fourth-order valence-electron chi connectivity index (χ4n) is 2.11. The Morgan fingerprint density at radius 1 is 1.27 bits per heavy atom. The predicted octanol–water partition coefficient (Wildman–Crippen LogP) is 2.67. The highest BCUT2D eigenvalue weighted by Gasteiger charge is 2.20. The predicted molar refractivity (Wildman–Crippen MR) is 86.9 cm³/mol. The normalized spacial score (nSPS) is 12.9. The van der Waals surface area contributed by atoms with E-state index in [9.17, 15) is 18.3 Å². The number of carbonyl (C=O) groups is 1. The number of aromatic carboxylic acids is 1. The van der Waals surface area contributed by atoms with Crippen LogP contribution in [-0.4, -0.2) is 32.1 Å². The topological polar surface area (TPSA) is 95.5 Å². The molecule has 1 rings (SSSR count). The molecule has 0 heterocycles. The smallest absolute Gasteiger partial charge is 0.337 e. The molecule has 0 aliphatic rings. The van der Waals surface area contributed by atoms with Gasteiger partial charge in [-0.05, 0) is 38.0 Å². The Balaban J connectivity index is 3.10. The van der Waals surface area contributed by atoms with Gasteiger partial charge in [0.2, 0.25) is 10.0 Å². The molecule has 1 unspecified atom stereocenters. The maximum Gasteiger partial charge on any atom is 0.337 e. The van der Waals surface area contributed by atoms with Crippen LogP contribution in [-0.2, 0) is 10.0 Å². The van der Waals surface area contributed by atoms with Crippen LogP contribution in [0.5, 0.6) is 0 Å². The summed E-state index contributed by atoms with van der Waals surface area (Å²) >= 11 is 0. The Bertz CT molecular complexity index is 614. The van der Waals surface area contributed by atoms with Crippen LogP contribution in [0.2, 0.25) is 0 Å². The summed E-state index contributed by atoms with van der Waals surface area (Å²) in [6.07, 6.45) is 2.43. The summed E-state index contributed by atoms with van der Waals surface area (Å²) in [5.74, 6) is -1.16. The zero-order valence-electron chi connectivity index (χ0n) is 13.2. The molecule has 0 aromatic heterocycles. The second-order valence-corrected chi connectivity index (χ2v) is 6.96. The molecule has 0 amide bonds. The van der Waals surface area contributed by atoms with E-state index >= 15 is 0 Å². The molecule has 0 bridgehead atoms. The first-order chi connectivity index (χ1) is 10.3. The van der Waals surface area contributed by atoms with Gasteiger partial charge in [-0.15, -0.1) is 0 Å². The first-order valence-electron chi connectivity index (χ1n) is 7.45. The highest BCUT2D eigenvalue weighted by Crippen LogP contribution is 2.21. The number of hydrogen-bond acceptors (Lipinski definition) is 4. The Morgan fingerprint density at radius 2 is 1.95 bits per heavy atom. The van der Waals surface area contributed by atoms with Crippen LogP contribution < -0.4 is 10.0 Å². The molecule has 0 saturated carbocycles. The molecule has 0 fully saturated rings. The Hall–Kier alpha value is -1.60. The minimum atomic E-state index is -3.72. The van der Waals surface area contributed by atoms with E-state index in [2.05, 4.69) is 10.0 Å². The van der Waals surface area contributed by atoms with E-state index in [-0.39, 0.29) is 16.5 Å². The third kappa shape index (κ3) is 4.99. The van der Waals surface area contributed by atoms with Crippen molar-refractivity contribution in [2.45, 2.75) is 51.0 Å². The molecule has 3 N–H and O–H groups in total. The van der Waals surface area contributed by atoms with Gasteiger partial charge in [0.25, 0.3) is 0 Å². The molecular weight excluding hydrogens is 304 g/mol. The second kappa shape index (κ2) is 8.14. The standard InChI is InChI=1S/C15H24N2O4S/c1-4-6-11(3)17-22(20,21)12-7-8-14(16-9-5-2)13(10-12)15(18)19/h7-8,10-11,16-17H,4-6,9H2,1-3H3,(H,18,19). The van der Waals surface area contributed by atoms with Gasteiger partial charge < -0.3 is 10.4 Å². The summed E-state index contributed by atoms with van der Waals surface area (Å²) in [6, 6.07) is 3.92. The Morgan fingerprint density at radius 3 is 2.50 bits per heavy atom. The Kier molecular flexibility index (Phi) is 6.83. The van der Waals surface area contributed by atoms with Gasteiger partial charge in [0.1, 0.15) is 0 Å². The summed E-state index contributed by atoms with van der Waals surface area (Å²) in [6.45, 7) is 6.35. The molecule has 124 valence electrons. The molecular formula is C15H24N2O4S. The SMILES string of the molecule is CCCNc1ccc(S(=O)(=O)NC(C)CCC)cc1C(=O)O. The highest BCUT2D eigenvalue weighted by molar-refractivity contribution is 7.89. The van der Waals surface area contributed by atoms with Crippen LogP contribution in [0.3, 0.4) is 0 Å². The molecule has 0 aliphatic carbocycles. The number of carboxylic acids is 1. The van der Waals surface area contributed by atoms with Crippen molar-refractivity contribution in [1.29, 1.82) is 0 Å². The van der Waals surface area contributed by atoms with Crippen LogP contribution in [0.1, 0.15) is 50.4 Å². The van der Waals surface area contributed by atoms with E-state index in [0.29, 0.717) is 12.2 Å². The summed E-state index contributed by atoms with van der Waals surface area (Å²) in [4.78, 5) is 11.3. The lowest BCUT2D eigenvalue weighted by atomic mass is 10.2. The minimum Gasteiger partial charge on any atom is -0.478 e. The molecule has 1 atom stereocenters. The number of benzene rings is 1. The van der Waals surface area contributed by atoms with E-state index in [0.717, 1.165) is 19.3 Å². The van der Waals surface area contributed by atoms with Crippen molar-refractivity contribution in [3.05, 3.63) is 23.8 Å². The molecule has 0 spiro atoms. The second-order valence-electron chi connectivity index (χ2n) is 5.25. The lowest BCUT2D eigenvalue weighted by Gasteiger charge is -2.15. The molecule has 0 radical (unpaired) electrons. The van der Waals surface area contributed by atoms with Crippen LogP contribution in [0.15, 0.2) is 23.1 Å². The van der Waals surface area contributed by atoms with Gasteiger partial charge in [-0.1, -0.05) is 20.3 Å². The van der Waals surface area contributed by atoms with Gasteiger partial charge in [-0.2, -0.15) is 0 Å². The molecule has 6 nitrogen and oxygen atoms in total. The van der Waals surface area contributed by atoms with E-state index in [4.69, 9.17) is 0 Å². The number of anilines is 1. The van der Waals surface area contributed by atoms with E-state index < -0.39 is 16.0 Å². The summed E-state index contributed by atoms with van der Waals surface area (Å²) in [5.41, 5.74) is 0.384. The van der Waals surface area contributed by atoms with Crippen LogP contribution in [0, 0.1) is 0 Å². The van der Waals surface area contributed by atoms with Gasteiger partial charge in [-0.3, -0.25) is 0 Å². The zero-order valence-corrected chi connectivity index (χ0v) is 14.0. The van der Waals surface area contributed by atoms with Crippen LogP contribution in [0.25, 0.3) is 0 Å². The van der Waals surface area contributed by atoms with Crippen LogP contribution >= 0.6 is 0 Å². The van der Waals surface area contributed by atoms with Crippen molar-refractivity contribution in [2.24, 2.45) is 0 Å². The van der Waals surface area contributed by atoms with Crippen molar-refractivity contribution < 1.29 is 18.3 Å². The van der Waals surface area contributed by atoms with Gasteiger partial charge in [0.05, 0.1) is 10.5 Å². The van der Waals surface area contributed by atoms with Crippen molar-refractivity contribution in [2.75, 3.05) is 11.9 Å². The van der Waals surface area contributed by atoms with Crippen molar-refractivity contribution in [1.82, 2.24) is 4.72 Å². The lowest BCUT2D eigenvalue weighted by Crippen LogP contribution is -2.32. The number of hydrogen-bond donors (Lipinski definition) is 3. The summed E-state index contributed by atoms with van der Waals surface area (Å²) in [7, 11) is -3.72. The van der Waals surface area contributed by atoms with E-state index in [1.54, 1.807) is 6.92 Å². The van der Waals surface area contributed by atoms with Gasteiger partial charge in [0, 0.05) is 18.3 Å². The molecule has 7 heteroatoms. The monoisotopic (exact) mass is 328 g/mol. The van der Waals surface area contributed by atoms with Gasteiger partial charge >= 0.3 is 5.97 Å². The third-order valence-electron chi connectivity index (χ3n) is 3.18. The lowest BCUT2D eigenvalue weighted by molar-refractivity contribution is 0.0697. The maximum absolute atomic E-state index is 12.3. The first-order valence-corrected chi connectivity index (χ1v) is 8.93. The summed E-state index contributed by atoms with van der Waals surface area (Å²) in [5, 5.41) is 12.3. The maximum atomic E-state index is 12.3. The zero-order chi connectivity index (χ0) is 16.8. The first kappa shape index (κ1) is 18.4. The third-order valence-corrected chi connectivity index (χ3v) is 4.76. The quantitative estimate of drug-likeness (QED) is 0.648. The van der Waals surface area contributed by atoms with Crippen molar-refractivity contribution in [3.8, 4) is 0 Å². The van der Waals surface area contributed by atoms with Crippen molar-refractivity contribution >= 4 is 21.7 Å². The average Bonchev–Trinajstić information content (AvgIpc) is 2.44. The fraction of sp³-hybridized carbons (Fsp3) is 0.533. The van der Waals surface area contributed by atoms with Crippen molar-refractivity contribution in [3.63, 3.8) is 0 Å². The van der Waals surface area contributed by atoms with E-state index in [1.807, 2.05) is 13.8 Å². The minimum absolute atomic E-state index is 0.0325. The average molecular weight is 328 g/mol. The number of carboxylic acid groups (broad SMARTS) is 1. The Labute approximate surface area is 132 Å². The molecule has 1 aromatic carbocycles. The van der Waals surface area contributed by atoms with Gasteiger partial charge in [-0.25, -0.2) is 17.9 Å². The summed E-state index contributed by atoms with van der Waals surface area (Å²) < 4.78 is 27.1. The molecule has 1 aromatic rings. The highest BCUT2D eigenvalue weighted by atomic mass is 32.2. The molecule has 0 aliphatic heterocycles. The largest absolute Gasteiger partial charge is 0.478 e. The number of nitrogens with one attached hydrogen (secondary N) is 2. The number of rotatable bonds is 9. The van der Waals surface area contributed by atoms with Gasteiger partial charge in [0.15, 0.2) is 0 Å². The fourth-order valence-corrected chi connectivity index (χ4v) is 3.41. The van der Waals surface area contributed by atoms with Crippen LogP contribution in [0.4, 0.5) is 5.69 Å². The molecule has 0 saturated heterocycles.